The van der Waals surface area contributed by atoms with Crippen molar-refractivity contribution in [1.82, 2.24) is 9.55 Å². The molecule has 1 aromatic carbocycles. The molecular formula is C15H20BrClN2. The highest BCUT2D eigenvalue weighted by atomic mass is 79.9. The number of hydrogen-bond acceptors (Lipinski definition) is 1. The minimum atomic E-state index is -0.0689. The first-order valence-electron chi connectivity index (χ1n) is 6.86. The van der Waals surface area contributed by atoms with Gasteiger partial charge in [0.05, 0.1) is 16.4 Å². The van der Waals surface area contributed by atoms with E-state index in [1.807, 2.05) is 19.1 Å². The second-order valence-corrected chi connectivity index (χ2v) is 6.58. The van der Waals surface area contributed by atoms with Crippen LogP contribution in [-0.4, -0.2) is 9.55 Å². The minimum Gasteiger partial charge on any atom is -0.326 e. The van der Waals surface area contributed by atoms with Gasteiger partial charge in [0.1, 0.15) is 5.82 Å². The highest BCUT2D eigenvalue weighted by Gasteiger charge is 2.17. The predicted octanol–water partition coefficient (Wildman–Crippen LogP) is 5.53. The molecule has 0 aliphatic carbocycles. The third kappa shape index (κ3) is 3.14. The molecule has 19 heavy (non-hydrogen) atoms. The Hall–Kier alpha value is -0.540. The predicted molar refractivity (Wildman–Crippen MR) is 85.8 cm³/mol. The second-order valence-electron chi connectivity index (χ2n) is 5.01. The van der Waals surface area contributed by atoms with Crippen LogP contribution in [-0.2, 0) is 6.54 Å². The van der Waals surface area contributed by atoms with Gasteiger partial charge in [-0.05, 0) is 31.0 Å². The molecule has 0 fully saturated rings. The van der Waals surface area contributed by atoms with Gasteiger partial charge in [-0.1, -0.05) is 42.6 Å². The Morgan fingerprint density at radius 2 is 2.00 bits per heavy atom. The van der Waals surface area contributed by atoms with Crippen molar-refractivity contribution >= 4 is 38.6 Å². The molecule has 104 valence electrons. The van der Waals surface area contributed by atoms with E-state index in [0.717, 1.165) is 22.4 Å². The third-order valence-corrected chi connectivity index (χ3v) is 4.38. The Morgan fingerprint density at radius 3 is 2.58 bits per heavy atom. The summed E-state index contributed by atoms with van der Waals surface area (Å²) in [5.41, 5.74) is 2.19. The van der Waals surface area contributed by atoms with Crippen LogP contribution < -0.4 is 0 Å². The van der Waals surface area contributed by atoms with Crippen molar-refractivity contribution in [3.8, 4) is 0 Å². The molecule has 2 rings (SSSR count). The van der Waals surface area contributed by atoms with Crippen LogP contribution >= 0.6 is 27.5 Å². The zero-order valence-corrected chi connectivity index (χ0v) is 14.0. The highest BCUT2D eigenvalue weighted by molar-refractivity contribution is 9.10. The molecule has 0 N–H and O–H groups in total. The van der Waals surface area contributed by atoms with E-state index in [0.29, 0.717) is 5.92 Å². The van der Waals surface area contributed by atoms with Crippen molar-refractivity contribution < 1.29 is 0 Å². The van der Waals surface area contributed by atoms with Gasteiger partial charge < -0.3 is 4.57 Å². The van der Waals surface area contributed by atoms with Crippen LogP contribution in [0.3, 0.4) is 0 Å². The van der Waals surface area contributed by atoms with Crippen LogP contribution in [0.5, 0.6) is 0 Å². The fourth-order valence-corrected chi connectivity index (χ4v) is 2.93. The molecule has 1 heterocycles. The molecule has 0 saturated heterocycles. The summed E-state index contributed by atoms with van der Waals surface area (Å²) in [4.78, 5) is 4.69. The Labute approximate surface area is 128 Å². The average molecular weight is 344 g/mol. The standard InChI is InChI=1S/C15H20BrClN2/c1-4-11(5-2)9-19-14-8-12(16)6-7-13(14)18-15(19)10(3)17/h6-8,10-11H,4-5,9H2,1-3H3. The van der Waals surface area contributed by atoms with Crippen LogP contribution in [0.1, 0.15) is 44.8 Å². The van der Waals surface area contributed by atoms with Crippen molar-refractivity contribution in [2.45, 2.75) is 45.5 Å². The summed E-state index contributed by atoms with van der Waals surface area (Å²) in [6.07, 6.45) is 2.36. The fraction of sp³-hybridized carbons (Fsp3) is 0.533. The summed E-state index contributed by atoms with van der Waals surface area (Å²) in [5, 5.41) is -0.0689. The molecule has 1 unspecified atom stereocenters. The number of alkyl halides is 1. The van der Waals surface area contributed by atoms with E-state index in [1.165, 1.54) is 18.4 Å². The molecule has 1 aromatic heterocycles. The van der Waals surface area contributed by atoms with Crippen molar-refractivity contribution in [2.75, 3.05) is 0 Å². The summed E-state index contributed by atoms with van der Waals surface area (Å²) >= 11 is 9.83. The van der Waals surface area contributed by atoms with Gasteiger partial charge in [-0.3, -0.25) is 0 Å². The lowest BCUT2D eigenvalue weighted by Gasteiger charge is -2.17. The van der Waals surface area contributed by atoms with Crippen LogP contribution in [0.25, 0.3) is 11.0 Å². The van der Waals surface area contributed by atoms with Crippen molar-refractivity contribution in [2.24, 2.45) is 5.92 Å². The molecule has 0 aliphatic rings. The van der Waals surface area contributed by atoms with E-state index in [-0.39, 0.29) is 5.38 Å². The van der Waals surface area contributed by atoms with Crippen LogP contribution in [0.15, 0.2) is 22.7 Å². The summed E-state index contributed by atoms with van der Waals surface area (Å²) in [6.45, 7) is 7.47. The minimum absolute atomic E-state index is 0.0689. The first-order valence-corrected chi connectivity index (χ1v) is 8.09. The number of rotatable bonds is 5. The van der Waals surface area contributed by atoms with E-state index in [1.54, 1.807) is 0 Å². The fourth-order valence-electron chi connectivity index (χ4n) is 2.42. The Kier molecular flexibility index (Phi) is 4.91. The molecule has 4 heteroatoms. The largest absolute Gasteiger partial charge is 0.326 e. The molecular weight excluding hydrogens is 324 g/mol. The molecule has 2 nitrogen and oxygen atoms in total. The van der Waals surface area contributed by atoms with Gasteiger partial charge in [0.2, 0.25) is 0 Å². The monoisotopic (exact) mass is 342 g/mol. The van der Waals surface area contributed by atoms with E-state index in [9.17, 15) is 0 Å². The Bertz CT molecular complexity index is 559. The lowest BCUT2D eigenvalue weighted by molar-refractivity contribution is 0.417. The molecule has 0 saturated carbocycles. The maximum absolute atomic E-state index is 6.29. The van der Waals surface area contributed by atoms with Gasteiger partial charge in [0, 0.05) is 11.0 Å². The SMILES string of the molecule is CCC(CC)Cn1c(C(C)Cl)nc2ccc(Br)cc21. The number of imidazole rings is 1. The highest BCUT2D eigenvalue weighted by Crippen LogP contribution is 2.28. The lowest BCUT2D eigenvalue weighted by atomic mass is 10.0. The van der Waals surface area contributed by atoms with Gasteiger partial charge in [0.15, 0.2) is 0 Å². The summed E-state index contributed by atoms with van der Waals surface area (Å²) in [7, 11) is 0. The van der Waals surface area contributed by atoms with E-state index >= 15 is 0 Å². The molecule has 2 aromatic rings. The second kappa shape index (κ2) is 6.27. The topological polar surface area (TPSA) is 17.8 Å². The Balaban J connectivity index is 2.53. The Morgan fingerprint density at radius 1 is 1.32 bits per heavy atom. The van der Waals surface area contributed by atoms with Gasteiger partial charge in [0.25, 0.3) is 0 Å². The maximum atomic E-state index is 6.29. The zero-order chi connectivity index (χ0) is 14.0. The number of halogens is 2. The van der Waals surface area contributed by atoms with E-state index < -0.39 is 0 Å². The van der Waals surface area contributed by atoms with Crippen molar-refractivity contribution in [3.05, 3.63) is 28.5 Å². The molecule has 0 aliphatic heterocycles. The van der Waals surface area contributed by atoms with E-state index in [2.05, 4.69) is 45.4 Å². The smallest absolute Gasteiger partial charge is 0.127 e. The van der Waals surface area contributed by atoms with Gasteiger partial charge in [-0.2, -0.15) is 0 Å². The molecule has 0 amide bonds. The lowest BCUT2D eigenvalue weighted by Crippen LogP contribution is -2.12. The summed E-state index contributed by atoms with van der Waals surface area (Å²) < 4.78 is 3.37. The van der Waals surface area contributed by atoms with E-state index in [4.69, 9.17) is 11.6 Å². The van der Waals surface area contributed by atoms with Crippen molar-refractivity contribution in [1.29, 1.82) is 0 Å². The van der Waals surface area contributed by atoms with Crippen molar-refractivity contribution in [3.63, 3.8) is 0 Å². The molecule has 0 radical (unpaired) electrons. The number of hydrogen-bond donors (Lipinski definition) is 0. The first-order chi connectivity index (χ1) is 9.06. The normalized spacial score (nSPS) is 13.4. The summed E-state index contributed by atoms with van der Waals surface area (Å²) in [5.74, 6) is 1.65. The number of nitrogens with zero attached hydrogens (tertiary/aromatic N) is 2. The van der Waals surface area contributed by atoms with Crippen LogP contribution in [0.2, 0.25) is 0 Å². The quantitative estimate of drug-likeness (QED) is 0.652. The molecule has 0 spiro atoms. The van der Waals surface area contributed by atoms with Gasteiger partial charge in [-0.15, -0.1) is 11.6 Å². The first kappa shape index (κ1) is 14.9. The average Bonchev–Trinajstić information content (AvgIpc) is 2.74. The number of fused-ring (bicyclic) bond motifs is 1. The van der Waals surface area contributed by atoms with Crippen LogP contribution in [0, 0.1) is 5.92 Å². The number of benzene rings is 1. The molecule has 1 atom stereocenters. The molecule has 0 bridgehead atoms. The van der Waals surface area contributed by atoms with Gasteiger partial charge >= 0.3 is 0 Å². The third-order valence-electron chi connectivity index (χ3n) is 3.69. The number of aromatic nitrogens is 2. The zero-order valence-electron chi connectivity index (χ0n) is 11.7. The maximum Gasteiger partial charge on any atom is 0.127 e. The van der Waals surface area contributed by atoms with Crippen LogP contribution in [0.4, 0.5) is 0 Å². The summed E-state index contributed by atoms with van der Waals surface area (Å²) in [6, 6.07) is 6.21. The van der Waals surface area contributed by atoms with Gasteiger partial charge in [-0.25, -0.2) is 4.98 Å².